The van der Waals surface area contributed by atoms with Gasteiger partial charge < -0.3 is 9.47 Å². The molecule has 0 saturated carbocycles. The number of carbonyl (C=O) groups is 1. The standard InChI is InChI=1S/C30H47BrFNO3/c1-30(2,3)36-29(34)33-23-24(26-22-25(35-4)20-21-27(26)33)18-16-14-12-10-8-6-5-7-9-11-13-15-17-19-28(31)32/h20-23,28H,5-19H2,1-4H3. The molecule has 6 heteroatoms. The van der Waals surface area contributed by atoms with Crippen molar-refractivity contribution in [3.63, 3.8) is 0 Å². The summed E-state index contributed by atoms with van der Waals surface area (Å²) in [6.07, 6.45) is 19.4. The van der Waals surface area contributed by atoms with Gasteiger partial charge >= 0.3 is 6.09 Å². The number of methoxy groups -OCH3 is 1. The number of carbonyl (C=O) groups excluding carboxylic acids is 1. The van der Waals surface area contributed by atoms with Crippen LogP contribution < -0.4 is 4.74 Å². The van der Waals surface area contributed by atoms with Gasteiger partial charge in [-0.3, -0.25) is 4.57 Å². The number of ether oxygens (including phenoxy) is 2. The second-order valence-corrected chi connectivity index (χ2v) is 11.9. The molecule has 0 N–H and O–H groups in total. The SMILES string of the molecule is COc1ccc2c(c1)c(CCCCCCCCCCCCCCCC(F)Br)cn2C(=O)OC(C)(C)C. The molecule has 0 aliphatic carbocycles. The molecular weight excluding hydrogens is 521 g/mol. The molecule has 204 valence electrons. The first-order chi connectivity index (χ1) is 17.2. The van der Waals surface area contributed by atoms with Crippen molar-refractivity contribution in [2.45, 2.75) is 128 Å². The lowest BCUT2D eigenvalue weighted by Gasteiger charge is -2.19. The van der Waals surface area contributed by atoms with E-state index in [2.05, 4.69) is 15.9 Å². The summed E-state index contributed by atoms with van der Waals surface area (Å²) in [6, 6.07) is 5.85. The van der Waals surface area contributed by atoms with Crippen molar-refractivity contribution >= 4 is 32.9 Å². The minimum absolute atomic E-state index is 0.339. The van der Waals surface area contributed by atoms with Gasteiger partial charge in [-0.1, -0.05) is 86.6 Å². The second-order valence-electron chi connectivity index (χ2n) is 10.9. The van der Waals surface area contributed by atoms with Crippen molar-refractivity contribution in [3.8, 4) is 5.75 Å². The molecule has 0 aliphatic heterocycles. The quantitative estimate of drug-likeness (QED) is 0.141. The van der Waals surface area contributed by atoms with E-state index < -0.39 is 10.7 Å². The molecule has 0 spiro atoms. The summed E-state index contributed by atoms with van der Waals surface area (Å²) in [6.45, 7) is 5.66. The van der Waals surface area contributed by atoms with Crippen LogP contribution >= 0.6 is 15.9 Å². The van der Waals surface area contributed by atoms with E-state index in [0.717, 1.165) is 42.3 Å². The number of halogens is 2. The predicted octanol–water partition coefficient (Wildman–Crippen LogP) is 10.1. The zero-order valence-corrected chi connectivity index (χ0v) is 24.5. The highest BCUT2D eigenvalue weighted by molar-refractivity contribution is 9.09. The molecule has 0 bridgehead atoms. The summed E-state index contributed by atoms with van der Waals surface area (Å²) in [4.78, 5) is 12.8. The minimum atomic E-state index is -0.826. The average molecular weight is 569 g/mol. The fraction of sp³-hybridized carbons (Fsp3) is 0.700. The Morgan fingerprint density at radius 2 is 1.44 bits per heavy atom. The largest absolute Gasteiger partial charge is 0.497 e. The zero-order chi connectivity index (χ0) is 26.4. The number of hydrogen-bond acceptors (Lipinski definition) is 3. The van der Waals surface area contributed by atoms with Gasteiger partial charge in [-0.25, -0.2) is 9.18 Å². The van der Waals surface area contributed by atoms with Crippen molar-refractivity contribution in [2.75, 3.05) is 7.11 Å². The van der Waals surface area contributed by atoms with Gasteiger partial charge in [0, 0.05) is 11.6 Å². The topological polar surface area (TPSA) is 40.5 Å². The highest BCUT2D eigenvalue weighted by atomic mass is 79.9. The monoisotopic (exact) mass is 567 g/mol. The van der Waals surface area contributed by atoms with Gasteiger partial charge in [-0.05, 0) is 70.2 Å². The number of unbranched alkanes of at least 4 members (excludes halogenated alkanes) is 12. The summed E-state index contributed by atoms with van der Waals surface area (Å²) >= 11 is 2.96. The van der Waals surface area contributed by atoms with Crippen molar-refractivity contribution in [2.24, 2.45) is 0 Å². The van der Waals surface area contributed by atoms with E-state index in [0.29, 0.717) is 6.42 Å². The molecule has 1 aromatic carbocycles. The van der Waals surface area contributed by atoms with E-state index in [4.69, 9.17) is 9.47 Å². The number of aromatic nitrogens is 1. The van der Waals surface area contributed by atoms with Crippen LogP contribution in [0.1, 0.15) is 116 Å². The molecule has 36 heavy (non-hydrogen) atoms. The normalized spacial score (nSPS) is 12.7. The van der Waals surface area contributed by atoms with Gasteiger partial charge in [-0.2, -0.15) is 0 Å². The summed E-state index contributed by atoms with van der Waals surface area (Å²) in [5.74, 6) is 0.801. The van der Waals surface area contributed by atoms with Crippen LogP contribution in [0.4, 0.5) is 9.18 Å². The number of fused-ring (bicyclic) bond motifs is 1. The van der Waals surface area contributed by atoms with Gasteiger partial charge in [0.1, 0.15) is 11.4 Å². The molecule has 2 rings (SSSR count). The zero-order valence-electron chi connectivity index (χ0n) is 22.9. The Kier molecular flexibility index (Phi) is 13.9. The Morgan fingerprint density at radius 3 is 1.94 bits per heavy atom. The molecular formula is C30H47BrFNO3. The summed E-state index contributed by atoms with van der Waals surface area (Å²) in [5, 5.41) is 0.239. The maximum atomic E-state index is 12.8. The lowest BCUT2D eigenvalue weighted by molar-refractivity contribution is 0.0544. The Balaban J connectivity index is 1.66. The van der Waals surface area contributed by atoms with E-state index in [1.54, 1.807) is 11.7 Å². The van der Waals surface area contributed by atoms with Crippen molar-refractivity contribution in [1.82, 2.24) is 4.57 Å². The predicted molar refractivity (Wildman–Crippen MR) is 152 cm³/mol. The van der Waals surface area contributed by atoms with Crippen LogP contribution in [-0.2, 0) is 11.2 Å². The van der Waals surface area contributed by atoms with Gasteiger partial charge in [0.2, 0.25) is 0 Å². The fourth-order valence-electron chi connectivity index (χ4n) is 4.62. The molecule has 0 saturated heterocycles. The lowest BCUT2D eigenvalue weighted by Crippen LogP contribution is -2.26. The highest BCUT2D eigenvalue weighted by Gasteiger charge is 2.21. The maximum absolute atomic E-state index is 12.8. The minimum Gasteiger partial charge on any atom is -0.497 e. The maximum Gasteiger partial charge on any atom is 0.419 e. The molecule has 1 aromatic heterocycles. The number of nitrogens with zero attached hydrogens (tertiary/aromatic N) is 1. The van der Waals surface area contributed by atoms with Crippen LogP contribution in [0.15, 0.2) is 24.4 Å². The number of benzene rings is 1. The Morgan fingerprint density at radius 1 is 0.917 bits per heavy atom. The smallest absolute Gasteiger partial charge is 0.419 e. The van der Waals surface area contributed by atoms with E-state index in [1.165, 1.54) is 69.8 Å². The number of aryl methyl sites for hydroxylation is 1. The van der Waals surface area contributed by atoms with Crippen LogP contribution in [-0.4, -0.2) is 28.5 Å². The summed E-state index contributed by atoms with van der Waals surface area (Å²) in [5.41, 5.74) is 1.51. The summed E-state index contributed by atoms with van der Waals surface area (Å²) in [7, 11) is 1.67. The number of alkyl halides is 2. The molecule has 1 atom stereocenters. The first-order valence-corrected chi connectivity index (χ1v) is 14.8. The molecule has 0 radical (unpaired) electrons. The van der Waals surface area contributed by atoms with Gasteiger partial charge in [0.05, 0.1) is 12.6 Å². The van der Waals surface area contributed by atoms with E-state index in [-0.39, 0.29) is 6.09 Å². The third-order valence-corrected chi connectivity index (χ3v) is 7.01. The lowest BCUT2D eigenvalue weighted by atomic mass is 10.0. The van der Waals surface area contributed by atoms with Crippen LogP contribution in [0.25, 0.3) is 10.9 Å². The Labute approximate surface area is 226 Å². The molecule has 0 amide bonds. The molecule has 2 aromatic rings. The number of rotatable bonds is 17. The first-order valence-electron chi connectivity index (χ1n) is 13.9. The third kappa shape index (κ3) is 11.7. The van der Waals surface area contributed by atoms with E-state index >= 15 is 0 Å². The van der Waals surface area contributed by atoms with Gasteiger partial charge in [-0.15, -0.1) is 0 Å². The average Bonchev–Trinajstić information content (AvgIpc) is 3.18. The molecule has 0 aliphatic rings. The van der Waals surface area contributed by atoms with Crippen LogP contribution in [0.3, 0.4) is 0 Å². The van der Waals surface area contributed by atoms with Crippen molar-refractivity contribution in [1.29, 1.82) is 0 Å². The molecule has 1 unspecified atom stereocenters. The van der Waals surface area contributed by atoms with Crippen LogP contribution in [0, 0.1) is 0 Å². The number of hydrogen-bond donors (Lipinski definition) is 0. The van der Waals surface area contributed by atoms with Crippen molar-refractivity contribution in [3.05, 3.63) is 30.0 Å². The molecule has 4 nitrogen and oxygen atoms in total. The van der Waals surface area contributed by atoms with Crippen molar-refractivity contribution < 1.29 is 18.7 Å². The molecule has 0 fully saturated rings. The Hall–Kier alpha value is -1.56. The molecule has 1 heterocycles. The van der Waals surface area contributed by atoms with Gasteiger partial charge in [0.15, 0.2) is 5.08 Å². The van der Waals surface area contributed by atoms with Gasteiger partial charge in [0.25, 0.3) is 0 Å². The summed E-state index contributed by atoms with van der Waals surface area (Å²) < 4.78 is 25.4. The van der Waals surface area contributed by atoms with E-state index in [1.807, 2.05) is 45.2 Å². The van der Waals surface area contributed by atoms with E-state index in [9.17, 15) is 9.18 Å². The Bertz CT molecular complexity index is 903. The highest BCUT2D eigenvalue weighted by Crippen LogP contribution is 2.28. The second kappa shape index (κ2) is 16.3. The first kappa shape index (κ1) is 30.7. The fourth-order valence-corrected chi connectivity index (χ4v) is 4.95. The van der Waals surface area contributed by atoms with Crippen LogP contribution in [0.2, 0.25) is 0 Å². The van der Waals surface area contributed by atoms with Crippen LogP contribution in [0.5, 0.6) is 5.75 Å². The third-order valence-electron chi connectivity index (χ3n) is 6.55.